The summed E-state index contributed by atoms with van der Waals surface area (Å²) in [6.07, 6.45) is 11.7. The average molecular weight is 535 g/mol. The molecule has 0 unspecified atom stereocenters. The van der Waals surface area contributed by atoms with Gasteiger partial charge < -0.3 is 16.2 Å². The maximum atomic E-state index is 12.9. The Morgan fingerprint density at radius 1 is 1.21 bits per heavy atom. The van der Waals surface area contributed by atoms with E-state index in [1.165, 1.54) is 43.2 Å². The molecule has 4 N–H and O–H groups in total. The van der Waals surface area contributed by atoms with Gasteiger partial charge in [-0.25, -0.2) is 4.52 Å². The quantitative estimate of drug-likeness (QED) is 0.315. The van der Waals surface area contributed by atoms with E-state index >= 15 is 0 Å². The number of aryl methyl sites for hydroxylation is 1. The third-order valence-corrected chi connectivity index (χ3v) is 8.98. The number of aliphatic hydroxyl groups excluding tert-OH is 1. The SMILES string of the molecule is Cc1ncc(NC(=O)CN2CCC3(CCC3)C2)cc1-c1c(-c2cnn(CCO)c2)sc2c(C(N)=O)cnn12. The predicted molar refractivity (Wildman–Crippen MR) is 144 cm³/mol. The second-order valence-electron chi connectivity index (χ2n) is 10.4. The summed E-state index contributed by atoms with van der Waals surface area (Å²) in [4.78, 5) is 33.3. The summed E-state index contributed by atoms with van der Waals surface area (Å²) in [5, 5.41) is 21.1. The number of thiazole rings is 1. The predicted octanol–water partition coefficient (Wildman–Crippen LogP) is 2.54. The maximum Gasteiger partial charge on any atom is 0.253 e. The third kappa shape index (κ3) is 4.38. The number of aromatic nitrogens is 5. The number of nitrogens with one attached hydrogen (secondary N) is 1. The Morgan fingerprint density at radius 2 is 2.05 bits per heavy atom. The summed E-state index contributed by atoms with van der Waals surface area (Å²) >= 11 is 1.38. The molecule has 11 nitrogen and oxygen atoms in total. The number of likely N-dealkylation sites (tertiary alicyclic amines) is 1. The first-order chi connectivity index (χ1) is 18.4. The number of carbonyl (C=O) groups is 2. The molecule has 0 aromatic carbocycles. The van der Waals surface area contributed by atoms with E-state index in [2.05, 4.69) is 25.4 Å². The fourth-order valence-corrected chi connectivity index (χ4v) is 6.83. The highest BCUT2D eigenvalue weighted by Gasteiger charge is 2.42. The number of nitrogens with zero attached hydrogens (tertiary/aromatic N) is 6. The first kappa shape index (κ1) is 24.7. The van der Waals surface area contributed by atoms with Gasteiger partial charge in [0, 0.05) is 29.6 Å². The average Bonchev–Trinajstić information content (AvgIpc) is 3.63. The molecule has 1 aliphatic carbocycles. The molecule has 1 aliphatic heterocycles. The van der Waals surface area contributed by atoms with Gasteiger partial charge in [0.05, 0.1) is 60.1 Å². The van der Waals surface area contributed by atoms with E-state index in [1.807, 2.05) is 19.2 Å². The van der Waals surface area contributed by atoms with Gasteiger partial charge in [0.1, 0.15) is 4.83 Å². The van der Waals surface area contributed by atoms with Gasteiger partial charge in [0.15, 0.2) is 0 Å². The number of anilines is 1. The summed E-state index contributed by atoms with van der Waals surface area (Å²) in [5.74, 6) is -0.620. The van der Waals surface area contributed by atoms with Gasteiger partial charge in [-0.15, -0.1) is 11.3 Å². The molecule has 0 atom stereocenters. The molecule has 1 saturated heterocycles. The Labute approximate surface area is 223 Å². The molecular formula is C26H30N8O3S. The molecule has 2 fully saturated rings. The Bertz CT molecular complexity index is 1530. The molecule has 4 aromatic rings. The van der Waals surface area contributed by atoms with Crippen LogP contribution in [0.3, 0.4) is 0 Å². The molecule has 4 aromatic heterocycles. The van der Waals surface area contributed by atoms with Crippen LogP contribution in [0, 0.1) is 12.3 Å². The molecule has 1 saturated carbocycles. The van der Waals surface area contributed by atoms with Crippen molar-refractivity contribution in [1.29, 1.82) is 0 Å². The Hall–Kier alpha value is -3.61. The minimum atomic E-state index is -0.559. The summed E-state index contributed by atoms with van der Waals surface area (Å²) in [6.45, 7) is 4.56. The number of nitrogens with two attached hydrogens (primary N) is 1. The van der Waals surface area contributed by atoms with E-state index in [1.54, 1.807) is 21.6 Å². The zero-order chi connectivity index (χ0) is 26.4. The number of aliphatic hydroxyl groups is 1. The largest absolute Gasteiger partial charge is 0.394 e. The molecule has 0 bridgehead atoms. The topological polar surface area (TPSA) is 144 Å². The van der Waals surface area contributed by atoms with Crippen molar-refractivity contribution in [2.45, 2.75) is 39.2 Å². The molecule has 38 heavy (non-hydrogen) atoms. The highest BCUT2D eigenvalue weighted by atomic mass is 32.1. The van der Waals surface area contributed by atoms with Crippen LogP contribution in [0.15, 0.2) is 30.9 Å². The number of fused-ring (bicyclic) bond motifs is 1. The van der Waals surface area contributed by atoms with Crippen molar-refractivity contribution in [3.8, 4) is 21.7 Å². The standard InChI is InChI=1S/C26H30N8O3S/c1-16-19(9-18(11-28-16)31-21(36)14-32-6-5-26(15-32)3-2-4-26)22-23(17-10-29-33(13-17)7-8-35)38-25-20(24(27)37)12-30-34(22)25/h9-13,35H,2-8,14-15H2,1H3,(H2,27,37)(H,31,36). The molecule has 0 radical (unpaired) electrons. The Kier molecular flexibility index (Phi) is 6.25. The number of hydrogen-bond acceptors (Lipinski definition) is 8. The fourth-order valence-electron chi connectivity index (χ4n) is 5.63. The van der Waals surface area contributed by atoms with Gasteiger partial charge in [-0.3, -0.25) is 24.2 Å². The van der Waals surface area contributed by atoms with Crippen LogP contribution in [0.5, 0.6) is 0 Å². The lowest BCUT2D eigenvalue weighted by Crippen LogP contribution is -2.36. The van der Waals surface area contributed by atoms with Gasteiger partial charge >= 0.3 is 0 Å². The van der Waals surface area contributed by atoms with E-state index in [0.29, 0.717) is 34.6 Å². The lowest BCUT2D eigenvalue weighted by Gasteiger charge is -2.38. The lowest BCUT2D eigenvalue weighted by atomic mass is 9.68. The lowest BCUT2D eigenvalue weighted by molar-refractivity contribution is -0.117. The zero-order valence-corrected chi connectivity index (χ0v) is 22.0. The van der Waals surface area contributed by atoms with Crippen molar-refractivity contribution < 1.29 is 14.7 Å². The van der Waals surface area contributed by atoms with Crippen molar-refractivity contribution in [1.82, 2.24) is 29.3 Å². The molecular weight excluding hydrogens is 504 g/mol. The Balaban J connectivity index is 1.33. The molecule has 198 valence electrons. The van der Waals surface area contributed by atoms with Gasteiger partial charge in [-0.1, -0.05) is 6.42 Å². The first-order valence-electron chi connectivity index (χ1n) is 12.8. The van der Waals surface area contributed by atoms with Crippen LogP contribution in [0.25, 0.3) is 26.5 Å². The van der Waals surface area contributed by atoms with Gasteiger partial charge in [-0.05, 0) is 44.2 Å². The van der Waals surface area contributed by atoms with Crippen LogP contribution >= 0.6 is 11.3 Å². The zero-order valence-electron chi connectivity index (χ0n) is 21.2. The minimum absolute atomic E-state index is 0.0310. The monoisotopic (exact) mass is 534 g/mol. The van der Waals surface area contributed by atoms with Crippen LogP contribution in [-0.2, 0) is 11.3 Å². The number of hydrogen-bond donors (Lipinski definition) is 3. The second-order valence-corrected chi connectivity index (χ2v) is 11.4. The molecule has 5 heterocycles. The van der Waals surface area contributed by atoms with Crippen LogP contribution in [0.4, 0.5) is 5.69 Å². The molecule has 2 aliphatic rings. The summed E-state index contributed by atoms with van der Waals surface area (Å²) < 4.78 is 3.35. The number of rotatable bonds is 8. The van der Waals surface area contributed by atoms with Crippen LogP contribution in [0.1, 0.15) is 41.7 Å². The number of primary amides is 1. The first-order valence-corrected chi connectivity index (χ1v) is 13.6. The number of amides is 2. The molecule has 2 amide bonds. The van der Waals surface area contributed by atoms with Gasteiger partial charge in [0.2, 0.25) is 5.91 Å². The smallest absolute Gasteiger partial charge is 0.253 e. The van der Waals surface area contributed by atoms with E-state index < -0.39 is 5.91 Å². The Morgan fingerprint density at radius 3 is 2.76 bits per heavy atom. The van der Waals surface area contributed by atoms with E-state index in [0.717, 1.165) is 40.5 Å². The fraction of sp³-hybridized carbons (Fsp3) is 0.423. The highest BCUT2D eigenvalue weighted by molar-refractivity contribution is 7.21. The van der Waals surface area contributed by atoms with E-state index in [9.17, 15) is 14.7 Å². The molecule has 1 spiro atoms. The maximum absolute atomic E-state index is 12.9. The normalized spacial score (nSPS) is 16.8. The van der Waals surface area contributed by atoms with Crippen LogP contribution in [-0.4, -0.2) is 72.4 Å². The summed E-state index contributed by atoms with van der Waals surface area (Å²) in [6, 6.07) is 1.90. The molecule has 6 rings (SSSR count). The van der Waals surface area contributed by atoms with Crippen molar-refractivity contribution in [2.75, 3.05) is 31.6 Å². The van der Waals surface area contributed by atoms with Crippen LogP contribution in [0.2, 0.25) is 0 Å². The third-order valence-electron chi connectivity index (χ3n) is 7.77. The van der Waals surface area contributed by atoms with E-state index in [-0.39, 0.29) is 12.5 Å². The summed E-state index contributed by atoms with van der Waals surface area (Å²) in [7, 11) is 0. The minimum Gasteiger partial charge on any atom is -0.394 e. The van der Waals surface area contributed by atoms with Crippen molar-refractivity contribution in [3.05, 3.63) is 42.1 Å². The second kappa shape index (κ2) is 9.61. The highest BCUT2D eigenvalue weighted by Crippen LogP contribution is 2.48. The number of carbonyl (C=O) groups excluding carboxylic acids is 2. The summed E-state index contributed by atoms with van der Waals surface area (Å²) in [5.41, 5.74) is 10.0. The van der Waals surface area contributed by atoms with Gasteiger partial charge in [-0.2, -0.15) is 10.2 Å². The van der Waals surface area contributed by atoms with Crippen molar-refractivity contribution >= 4 is 33.7 Å². The van der Waals surface area contributed by atoms with E-state index in [4.69, 9.17) is 5.73 Å². The molecule has 12 heteroatoms. The van der Waals surface area contributed by atoms with Crippen molar-refractivity contribution in [2.24, 2.45) is 11.1 Å². The van der Waals surface area contributed by atoms with Crippen LogP contribution < -0.4 is 11.1 Å². The van der Waals surface area contributed by atoms with Gasteiger partial charge in [0.25, 0.3) is 5.91 Å². The number of pyridine rings is 1. The van der Waals surface area contributed by atoms with Crippen molar-refractivity contribution in [3.63, 3.8) is 0 Å².